The molecule has 1 atom stereocenters. The number of hydrogen-bond donors (Lipinski definition) is 2. The van der Waals surface area contributed by atoms with Crippen LogP contribution in [0.2, 0.25) is 0 Å². The van der Waals surface area contributed by atoms with Gasteiger partial charge in [0.1, 0.15) is 11.5 Å². The van der Waals surface area contributed by atoms with Crippen LogP contribution in [0.1, 0.15) is 24.1 Å². The van der Waals surface area contributed by atoms with Crippen molar-refractivity contribution in [1.29, 1.82) is 0 Å². The van der Waals surface area contributed by atoms with Crippen LogP contribution in [0.5, 0.6) is 11.5 Å². The zero-order valence-corrected chi connectivity index (χ0v) is 16.6. The lowest BCUT2D eigenvalue weighted by atomic mass is 10.1. The van der Waals surface area contributed by atoms with Crippen molar-refractivity contribution in [2.24, 2.45) is 0 Å². The van der Waals surface area contributed by atoms with Crippen LogP contribution < -0.4 is 20.1 Å². The van der Waals surface area contributed by atoms with E-state index in [1.165, 1.54) is 12.1 Å². The summed E-state index contributed by atoms with van der Waals surface area (Å²) in [4.78, 5) is 12.4. The van der Waals surface area contributed by atoms with Crippen LogP contribution in [0.15, 0.2) is 47.4 Å². The Hall–Kier alpha value is -2.74. The molecule has 0 aliphatic carbocycles. The second-order valence-corrected chi connectivity index (χ2v) is 8.13. The third-order valence-electron chi connectivity index (χ3n) is 4.02. The summed E-state index contributed by atoms with van der Waals surface area (Å²) in [5.74, 6) is 1.29. The highest BCUT2D eigenvalue weighted by molar-refractivity contribution is 7.90. The van der Waals surface area contributed by atoms with Gasteiger partial charge in [-0.05, 0) is 42.3 Å². The Labute approximate surface area is 159 Å². The van der Waals surface area contributed by atoms with Gasteiger partial charge < -0.3 is 20.1 Å². The number of hydrogen-bond acceptors (Lipinski definition) is 5. The molecular formula is C19H24N2O5S. The normalized spacial score (nSPS) is 12.1. The molecule has 0 bridgehead atoms. The average molecular weight is 392 g/mol. The summed E-state index contributed by atoms with van der Waals surface area (Å²) < 4.78 is 33.4. The fraction of sp³-hybridized carbons (Fsp3) is 0.316. The number of sulfone groups is 1. The van der Waals surface area contributed by atoms with Crippen LogP contribution in [0.3, 0.4) is 0 Å². The summed E-state index contributed by atoms with van der Waals surface area (Å²) in [6.45, 7) is 2.13. The van der Waals surface area contributed by atoms with Crippen molar-refractivity contribution in [1.82, 2.24) is 10.6 Å². The average Bonchev–Trinajstić information content (AvgIpc) is 2.65. The highest BCUT2D eigenvalue weighted by atomic mass is 32.2. The minimum absolute atomic E-state index is 0.245. The number of rotatable bonds is 7. The number of nitrogens with one attached hydrogen (secondary N) is 2. The van der Waals surface area contributed by atoms with Gasteiger partial charge in [0.15, 0.2) is 9.84 Å². The number of methoxy groups -OCH3 is 2. The molecule has 2 rings (SSSR count). The molecule has 0 saturated carbocycles. The lowest BCUT2D eigenvalue weighted by Crippen LogP contribution is -2.36. The number of urea groups is 1. The number of benzene rings is 2. The van der Waals surface area contributed by atoms with Crippen molar-refractivity contribution in [3.63, 3.8) is 0 Å². The minimum atomic E-state index is -3.24. The van der Waals surface area contributed by atoms with Crippen LogP contribution in [-0.2, 0) is 16.4 Å². The van der Waals surface area contributed by atoms with Gasteiger partial charge in [-0.2, -0.15) is 0 Å². The molecule has 2 amide bonds. The van der Waals surface area contributed by atoms with Gasteiger partial charge in [0.25, 0.3) is 0 Å². The van der Waals surface area contributed by atoms with Gasteiger partial charge in [-0.25, -0.2) is 13.2 Å². The van der Waals surface area contributed by atoms with E-state index in [9.17, 15) is 13.2 Å². The van der Waals surface area contributed by atoms with E-state index in [4.69, 9.17) is 9.47 Å². The van der Waals surface area contributed by atoms with E-state index in [0.717, 1.165) is 17.4 Å². The summed E-state index contributed by atoms with van der Waals surface area (Å²) in [7, 11) is -0.110. The van der Waals surface area contributed by atoms with E-state index < -0.39 is 9.84 Å². The lowest BCUT2D eigenvalue weighted by Gasteiger charge is -2.16. The van der Waals surface area contributed by atoms with E-state index in [1.54, 1.807) is 32.4 Å². The van der Waals surface area contributed by atoms with Gasteiger partial charge in [-0.1, -0.05) is 12.1 Å². The standard InChI is InChI=1S/C19H24N2O5S/c1-13(15-5-7-18(8-6-15)27(4,23)24)21-19(22)20-12-14-9-16(25-2)11-17(10-14)26-3/h5-11,13H,12H2,1-4H3,(H2,20,21,22). The third-order valence-corrected chi connectivity index (χ3v) is 5.15. The van der Waals surface area contributed by atoms with Gasteiger partial charge in [-0.3, -0.25) is 0 Å². The summed E-state index contributed by atoms with van der Waals surface area (Å²) in [6.07, 6.45) is 1.16. The maximum absolute atomic E-state index is 12.2. The SMILES string of the molecule is COc1cc(CNC(=O)NC(C)c2ccc(S(C)(=O)=O)cc2)cc(OC)c1. The topological polar surface area (TPSA) is 93.7 Å². The number of carbonyl (C=O) groups is 1. The molecule has 0 aromatic heterocycles. The minimum Gasteiger partial charge on any atom is -0.497 e. The summed E-state index contributed by atoms with van der Waals surface area (Å²) >= 11 is 0. The Balaban J connectivity index is 1.95. The quantitative estimate of drug-likeness (QED) is 0.756. The molecule has 146 valence electrons. The number of ether oxygens (including phenoxy) is 2. The molecule has 27 heavy (non-hydrogen) atoms. The summed E-state index contributed by atoms with van der Waals surface area (Å²) in [5, 5.41) is 5.60. The molecule has 0 aliphatic rings. The second kappa shape index (κ2) is 8.77. The highest BCUT2D eigenvalue weighted by Gasteiger charge is 2.12. The predicted octanol–water partition coefficient (Wildman–Crippen LogP) is 2.67. The van der Waals surface area contributed by atoms with Crippen LogP contribution in [0.4, 0.5) is 4.79 Å². The van der Waals surface area contributed by atoms with Crippen molar-refractivity contribution in [2.45, 2.75) is 24.4 Å². The first-order valence-corrected chi connectivity index (χ1v) is 10.2. The maximum atomic E-state index is 12.2. The molecule has 0 radical (unpaired) electrons. The first-order valence-electron chi connectivity index (χ1n) is 8.29. The Morgan fingerprint density at radius 1 is 1.04 bits per heavy atom. The molecule has 2 aromatic carbocycles. The van der Waals surface area contributed by atoms with E-state index in [1.807, 2.05) is 19.1 Å². The van der Waals surface area contributed by atoms with Crippen molar-refractivity contribution in [2.75, 3.05) is 20.5 Å². The summed E-state index contributed by atoms with van der Waals surface area (Å²) in [5.41, 5.74) is 1.65. The van der Waals surface area contributed by atoms with Crippen molar-refractivity contribution >= 4 is 15.9 Å². The highest BCUT2D eigenvalue weighted by Crippen LogP contribution is 2.22. The second-order valence-electron chi connectivity index (χ2n) is 6.11. The zero-order valence-electron chi connectivity index (χ0n) is 15.8. The van der Waals surface area contributed by atoms with Crippen molar-refractivity contribution in [3.05, 3.63) is 53.6 Å². The fourth-order valence-electron chi connectivity index (χ4n) is 2.49. The van der Waals surface area contributed by atoms with E-state index >= 15 is 0 Å². The molecular weight excluding hydrogens is 368 g/mol. The Bertz CT molecular complexity index is 873. The molecule has 0 heterocycles. The van der Waals surface area contributed by atoms with Gasteiger partial charge >= 0.3 is 6.03 Å². The maximum Gasteiger partial charge on any atom is 0.315 e. The smallest absolute Gasteiger partial charge is 0.315 e. The first-order chi connectivity index (χ1) is 12.7. The van der Waals surface area contributed by atoms with Crippen molar-refractivity contribution in [3.8, 4) is 11.5 Å². The van der Waals surface area contributed by atoms with E-state index in [0.29, 0.717) is 18.0 Å². The zero-order chi connectivity index (χ0) is 20.0. The van der Waals surface area contributed by atoms with Gasteiger partial charge in [0, 0.05) is 18.9 Å². The fourth-order valence-corrected chi connectivity index (χ4v) is 3.12. The van der Waals surface area contributed by atoms with Crippen LogP contribution >= 0.6 is 0 Å². The van der Waals surface area contributed by atoms with Crippen LogP contribution in [0.25, 0.3) is 0 Å². The number of amides is 2. The van der Waals surface area contributed by atoms with Gasteiger partial charge in [0.2, 0.25) is 0 Å². The third kappa shape index (κ3) is 5.89. The van der Waals surface area contributed by atoms with Gasteiger partial charge in [0.05, 0.1) is 25.2 Å². The molecule has 2 N–H and O–H groups in total. The van der Waals surface area contributed by atoms with E-state index in [-0.39, 0.29) is 17.0 Å². The molecule has 0 saturated heterocycles. The van der Waals surface area contributed by atoms with E-state index in [2.05, 4.69) is 10.6 Å². The van der Waals surface area contributed by atoms with Crippen LogP contribution in [-0.4, -0.2) is 34.9 Å². The van der Waals surface area contributed by atoms with Crippen molar-refractivity contribution < 1.29 is 22.7 Å². The molecule has 2 aromatic rings. The molecule has 1 unspecified atom stereocenters. The predicted molar refractivity (Wildman–Crippen MR) is 103 cm³/mol. The molecule has 0 aliphatic heterocycles. The monoisotopic (exact) mass is 392 g/mol. The Morgan fingerprint density at radius 3 is 2.07 bits per heavy atom. The molecule has 0 spiro atoms. The molecule has 8 heteroatoms. The summed E-state index contributed by atoms with van der Waals surface area (Å²) in [6, 6.07) is 11.2. The number of carbonyl (C=O) groups excluding carboxylic acids is 1. The largest absolute Gasteiger partial charge is 0.497 e. The van der Waals surface area contributed by atoms with Gasteiger partial charge in [-0.15, -0.1) is 0 Å². The lowest BCUT2D eigenvalue weighted by molar-refractivity contribution is 0.237. The molecule has 0 fully saturated rings. The Morgan fingerprint density at radius 2 is 1.59 bits per heavy atom. The molecule has 7 nitrogen and oxygen atoms in total. The first kappa shape index (κ1) is 20.6. The van der Waals surface area contributed by atoms with Crippen LogP contribution in [0, 0.1) is 0 Å². The Kier molecular flexibility index (Phi) is 6.68.